The van der Waals surface area contributed by atoms with Crippen molar-refractivity contribution in [3.8, 4) is 0 Å². The number of rotatable bonds is 4. The van der Waals surface area contributed by atoms with E-state index in [1.807, 2.05) is 31.2 Å². The Morgan fingerprint density at radius 1 is 1.12 bits per heavy atom. The van der Waals surface area contributed by atoms with E-state index in [0.717, 1.165) is 5.56 Å². The second kappa shape index (κ2) is 6.70. The van der Waals surface area contributed by atoms with E-state index in [4.69, 9.17) is 17.3 Å². The quantitative estimate of drug-likeness (QED) is 0.724. The van der Waals surface area contributed by atoms with Crippen molar-refractivity contribution >= 4 is 38.9 Å². The van der Waals surface area contributed by atoms with Crippen LogP contribution in [0.25, 0.3) is 0 Å². The standard InChI is InChI=1S/C17H15ClN4O2S/c1-11-3-2-4-13(9-11)21-16-15(10-20-17(19)22-16)25(23,24)14-7-5-12(18)6-8-14/h2-10H,1H3,(H3,19,20,21,22). The summed E-state index contributed by atoms with van der Waals surface area (Å²) in [6.45, 7) is 1.94. The molecule has 1 aromatic heterocycles. The molecule has 3 rings (SSSR count). The van der Waals surface area contributed by atoms with E-state index < -0.39 is 9.84 Å². The molecule has 3 N–H and O–H groups in total. The average Bonchev–Trinajstić information content (AvgIpc) is 2.55. The number of sulfone groups is 1. The molecule has 0 saturated carbocycles. The number of nitrogens with zero attached hydrogens (tertiary/aromatic N) is 2. The van der Waals surface area contributed by atoms with Crippen molar-refractivity contribution in [3.05, 3.63) is 65.3 Å². The Morgan fingerprint density at radius 2 is 1.84 bits per heavy atom. The molecule has 0 atom stereocenters. The van der Waals surface area contributed by atoms with Gasteiger partial charge in [0.15, 0.2) is 5.82 Å². The number of aryl methyl sites for hydroxylation is 1. The maximum absolute atomic E-state index is 12.9. The summed E-state index contributed by atoms with van der Waals surface area (Å²) in [5.74, 6) is 0.0956. The Bertz CT molecular complexity index is 1020. The molecule has 0 aliphatic heterocycles. The van der Waals surface area contributed by atoms with Crippen LogP contribution in [0.4, 0.5) is 17.5 Å². The highest BCUT2D eigenvalue weighted by atomic mass is 35.5. The van der Waals surface area contributed by atoms with Crippen molar-refractivity contribution in [2.45, 2.75) is 16.7 Å². The number of halogens is 1. The lowest BCUT2D eigenvalue weighted by atomic mass is 10.2. The molecule has 2 aromatic carbocycles. The van der Waals surface area contributed by atoms with Crippen LogP contribution in [0.1, 0.15) is 5.56 Å². The second-order valence-corrected chi connectivity index (χ2v) is 7.75. The lowest BCUT2D eigenvalue weighted by molar-refractivity contribution is 0.595. The third-order valence-corrected chi connectivity index (χ3v) is 5.49. The van der Waals surface area contributed by atoms with Gasteiger partial charge in [-0.15, -0.1) is 0 Å². The fourth-order valence-corrected chi connectivity index (χ4v) is 3.69. The SMILES string of the molecule is Cc1cccc(Nc2nc(N)ncc2S(=O)(=O)c2ccc(Cl)cc2)c1. The predicted octanol–water partition coefficient (Wildman–Crippen LogP) is 3.60. The molecule has 0 radical (unpaired) electrons. The van der Waals surface area contributed by atoms with Crippen molar-refractivity contribution in [3.63, 3.8) is 0 Å². The molecule has 0 bridgehead atoms. The first-order valence-electron chi connectivity index (χ1n) is 7.33. The van der Waals surface area contributed by atoms with E-state index >= 15 is 0 Å². The molecule has 8 heteroatoms. The van der Waals surface area contributed by atoms with Gasteiger partial charge in [-0.1, -0.05) is 23.7 Å². The first kappa shape index (κ1) is 17.2. The lowest BCUT2D eigenvalue weighted by Gasteiger charge is -2.12. The van der Waals surface area contributed by atoms with E-state index in [9.17, 15) is 8.42 Å². The van der Waals surface area contributed by atoms with Gasteiger partial charge in [-0.2, -0.15) is 4.98 Å². The number of nitrogens with one attached hydrogen (secondary N) is 1. The maximum Gasteiger partial charge on any atom is 0.222 e. The first-order valence-corrected chi connectivity index (χ1v) is 9.19. The number of aromatic nitrogens is 2. The molecule has 0 spiro atoms. The van der Waals surface area contributed by atoms with Gasteiger partial charge in [-0.05, 0) is 48.9 Å². The van der Waals surface area contributed by atoms with Crippen LogP contribution in [-0.2, 0) is 9.84 Å². The van der Waals surface area contributed by atoms with Crippen LogP contribution >= 0.6 is 11.6 Å². The van der Waals surface area contributed by atoms with E-state index in [2.05, 4.69) is 15.3 Å². The zero-order chi connectivity index (χ0) is 18.0. The van der Waals surface area contributed by atoms with Crippen LogP contribution in [-0.4, -0.2) is 18.4 Å². The van der Waals surface area contributed by atoms with Crippen LogP contribution in [0.2, 0.25) is 5.02 Å². The molecule has 0 unspecified atom stereocenters. The molecule has 0 aliphatic rings. The van der Waals surface area contributed by atoms with Crippen molar-refractivity contribution in [1.29, 1.82) is 0 Å². The number of anilines is 3. The van der Waals surface area contributed by atoms with Gasteiger partial charge in [0.2, 0.25) is 15.8 Å². The minimum Gasteiger partial charge on any atom is -0.368 e. The maximum atomic E-state index is 12.9. The zero-order valence-electron chi connectivity index (χ0n) is 13.3. The smallest absolute Gasteiger partial charge is 0.222 e. The highest BCUT2D eigenvalue weighted by Crippen LogP contribution is 2.29. The average molecular weight is 375 g/mol. The highest BCUT2D eigenvalue weighted by molar-refractivity contribution is 7.91. The molecule has 6 nitrogen and oxygen atoms in total. The van der Waals surface area contributed by atoms with Crippen LogP contribution in [0, 0.1) is 6.92 Å². The minimum atomic E-state index is -3.84. The summed E-state index contributed by atoms with van der Waals surface area (Å²) in [7, 11) is -3.84. The van der Waals surface area contributed by atoms with Crippen LogP contribution in [0.5, 0.6) is 0 Å². The molecule has 128 valence electrons. The third kappa shape index (κ3) is 3.72. The Balaban J connectivity index is 2.08. The Kier molecular flexibility index (Phi) is 4.61. The van der Waals surface area contributed by atoms with E-state index in [1.165, 1.54) is 30.5 Å². The minimum absolute atomic E-state index is 0.0230. The van der Waals surface area contributed by atoms with Gasteiger partial charge in [-0.25, -0.2) is 13.4 Å². The van der Waals surface area contributed by atoms with Gasteiger partial charge in [0.05, 0.1) is 11.1 Å². The zero-order valence-corrected chi connectivity index (χ0v) is 14.8. The largest absolute Gasteiger partial charge is 0.368 e. The first-order chi connectivity index (χ1) is 11.9. The van der Waals surface area contributed by atoms with Gasteiger partial charge < -0.3 is 11.1 Å². The highest BCUT2D eigenvalue weighted by Gasteiger charge is 2.23. The summed E-state index contributed by atoms with van der Waals surface area (Å²) in [6, 6.07) is 13.4. The molecule has 25 heavy (non-hydrogen) atoms. The molecule has 0 aliphatic carbocycles. The van der Waals surface area contributed by atoms with Gasteiger partial charge in [0.25, 0.3) is 0 Å². The molecule has 0 fully saturated rings. The van der Waals surface area contributed by atoms with Crippen molar-refractivity contribution in [1.82, 2.24) is 9.97 Å². The van der Waals surface area contributed by atoms with Gasteiger partial charge in [-0.3, -0.25) is 0 Å². The number of benzene rings is 2. The summed E-state index contributed by atoms with van der Waals surface area (Å²) >= 11 is 5.83. The molecule has 0 amide bonds. The summed E-state index contributed by atoms with van der Waals surface area (Å²) < 4.78 is 25.9. The monoisotopic (exact) mass is 374 g/mol. The summed E-state index contributed by atoms with van der Waals surface area (Å²) in [5.41, 5.74) is 7.36. The van der Waals surface area contributed by atoms with Crippen LogP contribution in [0.3, 0.4) is 0 Å². The fraction of sp³-hybridized carbons (Fsp3) is 0.0588. The molecule has 1 heterocycles. The molecule has 3 aromatic rings. The topological polar surface area (TPSA) is 98.0 Å². The van der Waals surface area contributed by atoms with Gasteiger partial charge in [0, 0.05) is 10.7 Å². The van der Waals surface area contributed by atoms with Crippen molar-refractivity contribution in [2.24, 2.45) is 0 Å². The lowest BCUT2D eigenvalue weighted by Crippen LogP contribution is -2.10. The van der Waals surface area contributed by atoms with E-state index in [0.29, 0.717) is 10.7 Å². The third-order valence-electron chi connectivity index (χ3n) is 3.47. The summed E-state index contributed by atoms with van der Waals surface area (Å²) in [6.07, 6.45) is 1.20. The normalized spacial score (nSPS) is 11.3. The van der Waals surface area contributed by atoms with Gasteiger partial charge in [0.1, 0.15) is 4.90 Å². The summed E-state index contributed by atoms with van der Waals surface area (Å²) in [4.78, 5) is 7.92. The number of hydrogen-bond donors (Lipinski definition) is 2. The summed E-state index contributed by atoms with van der Waals surface area (Å²) in [5, 5.41) is 3.45. The van der Waals surface area contributed by atoms with Crippen LogP contribution < -0.4 is 11.1 Å². The number of hydrogen-bond acceptors (Lipinski definition) is 6. The van der Waals surface area contributed by atoms with Crippen LogP contribution in [0.15, 0.2) is 64.5 Å². The second-order valence-electron chi connectivity index (χ2n) is 5.39. The Hall–Kier alpha value is -2.64. The number of nitrogens with two attached hydrogens (primary N) is 1. The molecular weight excluding hydrogens is 360 g/mol. The Labute approximate surface area is 150 Å². The van der Waals surface area contributed by atoms with Crippen molar-refractivity contribution in [2.75, 3.05) is 11.1 Å². The van der Waals surface area contributed by atoms with Gasteiger partial charge >= 0.3 is 0 Å². The molecule has 0 saturated heterocycles. The predicted molar refractivity (Wildman–Crippen MR) is 97.8 cm³/mol. The molecular formula is C17H15ClN4O2S. The van der Waals surface area contributed by atoms with Crippen molar-refractivity contribution < 1.29 is 8.42 Å². The fourth-order valence-electron chi connectivity index (χ4n) is 2.27. The van der Waals surface area contributed by atoms with E-state index in [1.54, 1.807) is 0 Å². The Morgan fingerprint density at radius 3 is 2.52 bits per heavy atom. The van der Waals surface area contributed by atoms with E-state index in [-0.39, 0.29) is 21.6 Å². The number of nitrogen functional groups attached to an aromatic ring is 1.